The average molecular weight is 771 g/mol. The third-order valence-corrected chi connectivity index (χ3v) is 12.0. The van der Waals surface area contributed by atoms with Crippen molar-refractivity contribution in [2.45, 2.75) is 115 Å². The van der Waals surface area contributed by atoms with E-state index in [0.717, 1.165) is 49.8 Å². The summed E-state index contributed by atoms with van der Waals surface area (Å²) in [5.41, 5.74) is 0.0613. The van der Waals surface area contributed by atoms with E-state index in [1.54, 1.807) is 16.7 Å². The van der Waals surface area contributed by atoms with Crippen LogP contribution in [0, 0.1) is 16.7 Å². The normalized spacial score (nSPS) is 23.6. The van der Waals surface area contributed by atoms with Gasteiger partial charge in [0.1, 0.15) is 17.0 Å². The molecule has 4 aliphatic heterocycles. The van der Waals surface area contributed by atoms with Crippen molar-refractivity contribution in [2.75, 3.05) is 39.4 Å². The fourth-order valence-corrected chi connectivity index (χ4v) is 8.85. The Morgan fingerprint density at radius 2 is 1.51 bits per heavy atom. The second-order valence-electron chi connectivity index (χ2n) is 17.1. The van der Waals surface area contributed by atoms with Crippen LogP contribution < -0.4 is 4.74 Å². The number of aliphatic hydroxyl groups excluding tert-OH is 1. The Morgan fingerprint density at radius 3 is 2.06 bits per heavy atom. The van der Waals surface area contributed by atoms with Crippen LogP contribution in [0.4, 0.5) is 9.59 Å². The van der Waals surface area contributed by atoms with Crippen LogP contribution in [0.5, 0.6) is 5.75 Å². The molecule has 0 aromatic heterocycles. The summed E-state index contributed by atoms with van der Waals surface area (Å²) in [7, 11) is 0. The molecule has 6 rings (SSSR count). The molecule has 3 unspecified atom stereocenters. The summed E-state index contributed by atoms with van der Waals surface area (Å²) in [4.78, 5) is 29.3. The number of hydrogen-bond acceptors (Lipinski definition) is 8. The van der Waals surface area contributed by atoms with Crippen molar-refractivity contribution in [3.05, 3.63) is 71.3 Å². The van der Waals surface area contributed by atoms with Gasteiger partial charge in [-0.1, -0.05) is 59.8 Å². The van der Waals surface area contributed by atoms with Crippen LogP contribution in [0.15, 0.2) is 65.6 Å². The summed E-state index contributed by atoms with van der Waals surface area (Å²) in [6, 6.07) is 16.2. The summed E-state index contributed by atoms with van der Waals surface area (Å²) >= 11 is 8.03. The Labute approximate surface area is 325 Å². The molecule has 11 heteroatoms. The van der Waals surface area contributed by atoms with Crippen molar-refractivity contribution >= 4 is 35.5 Å². The number of ether oxygens (including phenoxy) is 4. The van der Waals surface area contributed by atoms with Gasteiger partial charge < -0.3 is 33.9 Å². The number of benzene rings is 2. The average Bonchev–Trinajstić information content (AvgIpc) is 3.10. The van der Waals surface area contributed by atoms with Crippen LogP contribution in [0.1, 0.15) is 98.7 Å². The molecule has 3 atom stereocenters. The molecule has 2 aromatic carbocycles. The first-order chi connectivity index (χ1) is 25.0. The summed E-state index contributed by atoms with van der Waals surface area (Å²) in [6.07, 6.45) is 8.98. The van der Waals surface area contributed by atoms with Gasteiger partial charge in [-0.25, -0.2) is 9.59 Å². The predicted molar refractivity (Wildman–Crippen MR) is 210 cm³/mol. The van der Waals surface area contributed by atoms with Crippen LogP contribution >= 0.6 is 23.4 Å². The van der Waals surface area contributed by atoms with E-state index in [4.69, 9.17) is 30.5 Å². The molecule has 0 radical (unpaired) electrons. The Balaban J connectivity index is 0.000000243. The van der Waals surface area contributed by atoms with Gasteiger partial charge in [0, 0.05) is 59.6 Å². The maximum Gasteiger partial charge on any atom is 0.410 e. The smallest absolute Gasteiger partial charge is 0.410 e. The van der Waals surface area contributed by atoms with Crippen LogP contribution in [0.2, 0.25) is 5.02 Å². The molecule has 2 amide bonds. The van der Waals surface area contributed by atoms with Crippen molar-refractivity contribution in [3.63, 3.8) is 0 Å². The van der Waals surface area contributed by atoms with E-state index in [9.17, 15) is 14.7 Å². The van der Waals surface area contributed by atoms with E-state index in [2.05, 4.69) is 30.3 Å². The third kappa shape index (κ3) is 11.1. The number of allylic oxidation sites excluding steroid dienone is 2. The number of rotatable bonds is 5. The van der Waals surface area contributed by atoms with Gasteiger partial charge in [0.2, 0.25) is 0 Å². The van der Waals surface area contributed by atoms with E-state index < -0.39 is 11.2 Å². The SMILES string of the molecule is CC(C)(C)OC(=O)N1CCC2(CC1)COC1c3ccc(Cl)cc3OC(Sc3ccccc3)C1C2.CC=CCC1(CO)CCN(C(=O)OC(C)(C)C)CC1. The molecule has 292 valence electrons. The maximum atomic E-state index is 12.6. The number of thioether (sulfide) groups is 1. The number of piperidine rings is 2. The fourth-order valence-electron chi connectivity index (χ4n) is 7.54. The Hall–Kier alpha value is -2.92. The number of carbonyl (C=O) groups is 2. The Bertz CT molecular complexity index is 1560. The molecule has 0 bridgehead atoms. The zero-order valence-corrected chi connectivity index (χ0v) is 34.1. The summed E-state index contributed by atoms with van der Waals surface area (Å²) < 4.78 is 24.1. The maximum absolute atomic E-state index is 12.6. The van der Waals surface area contributed by atoms with Crippen LogP contribution in [0.3, 0.4) is 0 Å². The highest BCUT2D eigenvalue weighted by atomic mass is 35.5. The number of halogens is 1. The van der Waals surface area contributed by atoms with Crippen molar-refractivity contribution < 1.29 is 33.6 Å². The summed E-state index contributed by atoms with van der Waals surface area (Å²) in [5, 5.41) is 10.3. The van der Waals surface area contributed by atoms with Gasteiger partial charge in [0.05, 0.1) is 12.7 Å². The number of likely N-dealkylation sites (tertiary alicyclic amines) is 2. The van der Waals surface area contributed by atoms with Crippen LogP contribution in [0.25, 0.3) is 0 Å². The van der Waals surface area contributed by atoms with Gasteiger partial charge in [-0.15, -0.1) is 0 Å². The minimum atomic E-state index is -0.481. The van der Waals surface area contributed by atoms with Gasteiger partial charge in [-0.2, -0.15) is 0 Å². The molecule has 2 aromatic rings. The molecule has 53 heavy (non-hydrogen) atoms. The van der Waals surface area contributed by atoms with Crippen molar-refractivity contribution in [1.82, 2.24) is 9.80 Å². The number of fused-ring (bicyclic) bond motifs is 3. The number of aliphatic hydroxyl groups is 1. The molecule has 1 spiro atoms. The minimum Gasteiger partial charge on any atom is -0.479 e. The van der Waals surface area contributed by atoms with Gasteiger partial charge in [0.25, 0.3) is 0 Å². The Morgan fingerprint density at radius 1 is 0.925 bits per heavy atom. The molecule has 1 N–H and O–H groups in total. The van der Waals surface area contributed by atoms with Gasteiger partial charge >= 0.3 is 12.2 Å². The number of amides is 2. The molecule has 4 aliphatic rings. The lowest BCUT2D eigenvalue weighted by Gasteiger charge is -2.51. The highest BCUT2D eigenvalue weighted by Crippen LogP contribution is 2.55. The zero-order chi connectivity index (χ0) is 38.4. The first-order valence-electron chi connectivity index (χ1n) is 19.0. The highest BCUT2D eigenvalue weighted by molar-refractivity contribution is 7.99. The van der Waals surface area contributed by atoms with Gasteiger partial charge in [-0.05, 0) is 117 Å². The first-order valence-corrected chi connectivity index (χ1v) is 20.3. The standard InChI is InChI=1S/C27H32ClNO4S.C15H27NO3/c1-26(2,3)33-25(30)29-13-11-27(12-14-29)16-21-23(31-17-27)20-10-9-18(28)15-22(20)32-24(21)34-19-7-5-4-6-8-19;1-5-6-7-15(12-17)8-10-16(11-9-15)13(18)19-14(2,3)4/h4-10,15,21,23-24H,11-14,16-17H2,1-3H3;5-6,17H,7-12H2,1-4H3. The second-order valence-corrected chi connectivity index (χ2v) is 18.7. The van der Waals surface area contributed by atoms with Crippen LogP contribution in [-0.4, -0.2) is 83.1 Å². The summed E-state index contributed by atoms with van der Waals surface area (Å²) in [5.74, 6) is 1.03. The number of carbonyl (C=O) groups excluding carboxylic acids is 2. The molecule has 3 saturated heterocycles. The molecule has 0 saturated carbocycles. The molecular weight excluding hydrogens is 712 g/mol. The lowest BCUT2D eigenvalue weighted by atomic mass is 9.68. The number of hydrogen-bond donors (Lipinski definition) is 1. The van der Waals surface area contributed by atoms with Crippen molar-refractivity contribution in [3.8, 4) is 5.75 Å². The minimum absolute atomic E-state index is 0.0169. The monoisotopic (exact) mass is 770 g/mol. The van der Waals surface area contributed by atoms with Crippen LogP contribution in [-0.2, 0) is 14.2 Å². The fraction of sp³-hybridized carbons (Fsp3) is 0.619. The lowest BCUT2D eigenvalue weighted by molar-refractivity contribution is -0.140. The first kappa shape index (κ1) is 41.2. The lowest BCUT2D eigenvalue weighted by Crippen LogP contribution is -2.51. The van der Waals surface area contributed by atoms with E-state index in [-0.39, 0.29) is 47.1 Å². The highest BCUT2D eigenvalue weighted by Gasteiger charge is 2.50. The largest absolute Gasteiger partial charge is 0.479 e. The molecule has 9 nitrogen and oxygen atoms in total. The van der Waals surface area contributed by atoms with E-state index in [1.165, 1.54) is 4.90 Å². The zero-order valence-electron chi connectivity index (χ0n) is 32.6. The van der Waals surface area contributed by atoms with Gasteiger partial charge in [-0.3, -0.25) is 0 Å². The summed E-state index contributed by atoms with van der Waals surface area (Å²) in [6.45, 7) is 16.9. The van der Waals surface area contributed by atoms with Gasteiger partial charge in [0.15, 0.2) is 5.44 Å². The molecule has 3 fully saturated rings. The van der Waals surface area contributed by atoms with Crippen molar-refractivity contribution in [2.24, 2.45) is 16.7 Å². The molecular formula is C42H59ClN2O7S. The third-order valence-electron chi connectivity index (χ3n) is 10.6. The topological polar surface area (TPSA) is 97.8 Å². The Kier molecular flexibility index (Phi) is 13.4. The molecule has 4 heterocycles. The molecule has 0 aliphatic carbocycles. The van der Waals surface area contributed by atoms with E-state index in [1.807, 2.05) is 83.7 Å². The quantitative estimate of drug-likeness (QED) is 0.300. The number of nitrogens with zero attached hydrogens (tertiary/aromatic N) is 2. The second kappa shape index (κ2) is 17.3. The predicted octanol–water partition coefficient (Wildman–Crippen LogP) is 9.91. The van der Waals surface area contributed by atoms with E-state index >= 15 is 0 Å². The van der Waals surface area contributed by atoms with E-state index in [0.29, 0.717) is 37.8 Å². The van der Waals surface area contributed by atoms with Crippen molar-refractivity contribution in [1.29, 1.82) is 0 Å².